The third-order valence-electron chi connectivity index (χ3n) is 1.52. The molecule has 0 aliphatic rings. The zero-order valence-electron chi connectivity index (χ0n) is 6.62. The minimum Gasteiger partial charge on any atom is -0.495 e. The van der Waals surface area contributed by atoms with E-state index in [1.54, 1.807) is 6.07 Å². The molecule has 0 spiro atoms. The molecule has 0 heterocycles. The van der Waals surface area contributed by atoms with Crippen LogP contribution >= 0.6 is 34.8 Å². The second-order valence-corrected chi connectivity index (χ2v) is 3.47. The van der Waals surface area contributed by atoms with Crippen LogP contribution in [-0.4, -0.2) is 7.11 Å². The third kappa shape index (κ3) is 1.63. The SMILES string of the molecule is COc1cc(C)c(Cl)c(Cl)c1Cl. The second-order valence-electron chi connectivity index (χ2n) is 2.34. The highest BCUT2D eigenvalue weighted by atomic mass is 35.5. The number of benzene rings is 1. The monoisotopic (exact) mass is 224 g/mol. The van der Waals surface area contributed by atoms with Crippen molar-refractivity contribution in [1.82, 2.24) is 0 Å². The van der Waals surface area contributed by atoms with E-state index in [9.17, 15) is 0 Å². The molecule has 0 atom stereocenters. The summed E-state index contributed by atoms with van der Waals surface area (Å²) in [6.07, 6.45) is 0. The molecule has 0 amide bonds. The molecule has 12 heavy (non-hydrogen) atoms. The van der Waals surface area contributed by atoms with Crippen molar-refractivity contribution in [3.05, 3.63) is 26.7 Å². The van der Waals surface area contributed by atoms with Crippen molar-refractivity contribution in [1.29, 1.82) is 0 Å². The first kappa shape index (κ1) is 9.97. The minimum absolute atomic E-state index is 0.343. The summed E-state index contributed by atoms with van der Waals surface area (Å²) in [5.41, 5.74) is 0.850. The average Bonchev–Trinajstić information content (AvgIpc) is 2.08. The smallest absolute Gasteiger partial charge is 0.139 e. The fourth-order valence-electron chi connectivity index (χ4n) is 0.850. The van der Waals surface area contributed by atoms with E-state index in [4.69, 9.17) is 39.5 Å². The van der Waals surface area contributed by atoms with Crippen LogP contribution in [0.25, 0.3) is 0 Å². The van der Waals surface area contributed by atoms with Gasteiger partial charge in [-0.25, -0.2) is 0 Å². The van der Waals surface area contributed by atoms with Gasteiger partial charge in [0.25, 0.3) is 0 Å². The van der Waals surface area contributed by atoms with E-state index >= 15 is 0 Å². The average molecular weight is 226 g/mol. The highest BCUT2D eigenvalue weighted by molar-refractivity contribution is 6.48. The van der Waals surface area contributed by atoms with E-state index < -0.39 is 0 Å². The lowest BCUT2D eigenvalue weighted by atomic mass is 10.2. The molecule has 1 aromatic rings. The van der Waals surface area contributed by atoms with Gasteiger partial charge in [-0.05, 0) is 18.6 Å². The van der Waals surface area contributed by atoms with E-state index in [0.717, 1.165) is 5.56 Å². The molecule has 66 valence electrons. The molecule has 0 aliphatic carbocycles. The van der Waals surface area contributed by atoms with Gasteiger partial charge < -0.3 is 4.74 Å². The van der Waals surface area contributed by atoms with E-state index in [-0.39, 0.29) is 0 Å². The summed E-state index contributed by atoms with van der Waals surface area (Å²) in [7, 11) is 1.53. The number of halogens is 3. The zero-order valence-corrected chi connectivity index (χ0v) is 8.89. The maximum atomic E-state index is 5.84. The van der Waals surface area contributed by atoms with E-state index in [2.05, 4.69) is 0 Å². The predicted octanol–water partition coefficient (Wildman–Crippen LogP) is 3.96. The number of rotatable bonds is 1. The summed E-state index contributed by atoms with van der Waals surface area (Å²) in [4.78, 5) is 0. The van der Waals surface area contributed by atoms with Crippen LogP contribution in [-0.2, 0) is 0 Å². The lowest BCUT2D eigenvalue weighted by Crippen LogP contribution is -1.87. The Bertz CT molecular complexity index is 310. The molecule has 4 heteroatoms. The summed E-state index contributed by atoms with van der Waals surface area (Å²) in [5.74, 6) is 0.545. The van der Waals surface area contributed by atoms with Crippen molar-refractivity contribution in [2.45, 2.75) is 6.92 Å². The molecule has 0 unspecified atom stereocenters. The number of ether oxygens (including phenoxy) is 1. The number of aryl methyl sites for hydroxylation is 1. The van der Waals surface area contributed by atoms with Gasteiger partial charge in [0.1, 0.15) is 10.8 Å². The van der Waals surface area contributed by atoms with Crippen LogP contribution in [0.2, 0.25) is 15.1 Å². The summed E-state index contributed by atoms with van der Waals surface area (Å²) in [5, 5.41) is 1.17. The molecule has 0 saturated heterocycles. The molecule has 0 aliphatic heterocycles. The Balaban J connectivity index is 3.39. The van der Waals surface area contributed by atoms with Gasteiger partial charge >= 0.3 is 0 Å². The highest BCUT2D eigenvalue weighted by Crippen LogP contribution is 2.39. The highest BCUT2D eigenvalue weighted by Gasteiger charge is 2.11. The normalized spacial score (nSPS) is 10.1. The first-order valence-electron chi connectivity index (χ1n) is 3.26. The van der Waals surface area contributed by atoms with Crippen LogP contribution < -0.4 is 4.74 Å². The van der Waals surface area contributed by atoms with Gasteiger partial charge in [0.2, 0.25) is 0 Å². The van der Waals surface area contributed by atoms with E-state index in [1.165, 1.54) is 7.11 Å². The molecule has 0 saturated carbocycles. The predicted molar refractivity (Wildman–Crippen MR) is 52.8 cm³/mol. The largest absolute Gasteiger partial charge is 0.495 e. The van der Waals surface area contributed by atoms with Gasteiger partial charge in [-0.1, -0.05) is 34.8 Å². The van der Waals surface area contributed by atoms with Gasteiger partial charge in [-0.15, -0.1) is 0 Å². The molecular formula is C8H7Cl3O. The molecule has 0 radical (unpaired) electrons. The topological polar surface area (TPSA) is 9.23 Å². The maximum absolute atomic E-state index is 5.84. The van der Waals surface area contributed by atoms with E-state index in [0.29, 0.717) is 20.8 Å². The molecular weight excluding hydrogens is 218 g/mol. The molecule has 1 nitrogen and oxygen atoms in total. The minimum atomic E-state index is 0.343. The van der Waals surface area contributed by atoms with Crippen LogP contribution in [0.15, 0.2) is 6.07 Å². The van der Waals surface area contributed by atoms with E-state index in [1.807, 2.05) is 6.92 Å². The summed E-state index contributed by atoms with van der Waals surface area (Å²) in [6.45, 7) is 1.84. The van der Waals surface area contributed by atoms with Gasteiger partial charge in [0, 0.05) is 0 Å². The van der Waals surface area contributed by atoms with Gasteiger partial charge in [-0.3, -0.25) is 0 Å². The summed E-state index contributed by atoms with van der Waals surface area (Å²) < 4.78 is 4.99. The first-order valence-corrected chi connectivity index (χ1v) is 4.39. The molecule has 1 aromatic carbocycles. The Hall–Kier alpha value is -0.110. The molecule has 0 bridgehead atoms. The molecule has 0 fully saturated rings. The number of methoxy groups -OCH3 is 1. The van der Waals surface area contributed by atoms with Crippen LogP contribution in [0.5, 0.6) is 5.75 Å². The maximum Gasteiger partial charge on any atom is 0.139 e. The molecule has 0 N–H and O–H groups in total. The molecule has 1 rings (SSSR count). The van der Waals surface area contributed by atoms with Crippen LogP contribution in [0.4, 0.5) is 0 Å². The quantitative estimate of drug-likeness (QED) is 0.657. The van der Waals surface area contributed by atoms with Crippen molar-refractivity contribution >= 4 is 34.8 Å². The third-order valence-corrected chi connectivity index (χ3v) is 2.95. The molecule has 0 aromatic heterocycles. The lowest BCUT2D eigenvalue weighted by Gasteiger charge is -2.07. The Morgan fingerprint density at radius 2 is 1.67 bits per heavy atom. The zero-order chi connectivity index (χ0) is 9.30. The lowest BCUT2D eigenvalue weighted by molar-refractivity contribution is 0.415. The van der Waals surface area contributed by atoms with Crippen molar-refractivity contribution < 1.29 is 4.74 Å². The van der Waals surface area contributed by atoms with Crippen molar-refractivity contribution in [3.63, 3.8) is 0 Å². The second kappa shape index (κ2) is 3.73. The van der Waals surface area contributed by atoms with Crippen LogP contribution in [0, 0.1) is 6.92 Å². The van der Waals surface area contributed by atoms with Crippen molar-refractivity contribution in [3.8, 4) is 5.75 Å². The Labute approximate surface area is 86.2 Å². The Morgan fingerprint density at radius 3 is 2.17 bits per heavy atom. The Kier molecular flexibility index (Phi) is 3.10. The fraction of sp³-hybridized carbons (Fsp3) is 0.250. The fourth-order valence-corrected chi connectivity index (χ4v) is 1.52. The number of hydrogen-bond donors (Lipinski definition) is 0. The van der Waals surface area contributed by atoms with Gasteiger partial charge in [-0.2, -0.15) is 0 Å². The van der Waals surface area contributed by atoms with Gasteiger partial charge in [0.15, 0.2) is 0 Å². The standard InChI is InChI=1S/C8H7Cl3O/c1-4-3-5(12-2)7(10)8(11)6(4)9/h3H,1-2H3. The summed E-state index contributed by atoms with van der Waals surface area (Å²) >= 11 is 17.5. The Morgan fingerprint density at radius 1 is 1.08 bits per heavy atom. The van der Waals surface area contributed by atoms with Gasteiger partial charge in [0.05, 0.1) is 17.2 Å². The van der Waals surface area contributed by atoms with Crippen LogP contribution in [0.3, 0.4) is 0 Å². The van der Waals surface area contributed by atoms with Crippen molar-refractivity contribution in [2.24, 2.45) is 0 Å². The van der Waals surface area contributed by atoms with Crippen LogP contribution in [0.1, 0.15) is 5.56 Å². The number of hydrogen-bond acceptors (Lipinski definition) is 1. The summed E-state index contributed by atoms with van der Waals surface area (Å²) in [6, 6.07) is 1.75. The first-order chi connectivity index (χ1) is 5.57. The van der Waals surface area contributed by atoms with Crippen molar-refractivity contribution in [2.75, 3.05) is 7.11 Å².